The van der Waals surface area contributed by atoms with Crippen LogP contribution in [0.5, 0.6) is 5.75 Å². The first-order valence-corrected chi connectivity index (χ1v) is 7.45. The Morgan fingerprint density at radius 1 is 0.962 bits per heavy atom. The van der Waals surface area contributed by atoms with Crippen molar-refractivity contribution in [1.29, 1.82) is 0 Å². The zero-order valence-electron chi connectivity index (χ0n) is 12.5. The molecule has 11 heteroatoms. The summed E-state index contributed by atoms with van der Waals surface area (Å²) in [5, 5.41) is 12.2. The van der Waals surface area contributed by atoms with E-state index in [-0.39, 0.29) is 25.8 Å². The maximum absolute atomic E-state index is 14.0. The Labute approximate surface area is 151 Å². The maximum Gasteiger partial charge on any atom is 0.281 e. The van der Waals surface area contributed by atoms with Crippen LogP contribution in [-0.4, -0.2) is 14.9 Å². The van der Waals surface area contributed by atoms with Gasteiger partial charge in [-0.05, 0) is 6.92 Å². The van der Waals surface area contributed by atoms with Crippen LogP contribution in [0.15, 0.2) is 10.9 Å². The molecule has 0 aliphatic carbocycles. The second-order valence-electron chi connectivity index (χ2n) is 5.16. The van der Waals surface area contributed by atoms with E-state index in [4.69, 9.17) is 23.2 Å². The monoisotopic (exact) mass is 410 g/mol. The van der Waals surface area contributed by atoms with Gasteiger partial charge in [0.05, 0.1) is 26.5 Å². The number of aromatic hydroxyl groups is 1. The molecule has 0 saturated heterocycles. The van der Waals surface area contributed by atoms with Crippen molar-refractivity contribution in [3.63, 3.8) is 0 Å². The van der Waals surface area contributed by atoms with Gasteiger partial charge in [0.2, 0.25) is 5.82 Å². The average Bonchev–Trinajstić information content (AvgIpc) is 2.58. The Hall–Kier alpha value is -2.39. The largest absolute Gasteiger partial charge is 0.507 e. The van der Waals surface area contributed by atoms with Crippen molar-refractivity contribution in [1.82, 2.24) is 9.78 Å². The van der Waals surface area contributed by atoms with E-state index < -0.39 is 51.5 Å². The quantitative estimate of drug-likeness (QED) is 0.367. The number of aryl methyl sites for hydroxylation is 1. The number of halogens is 7. The number of nitrogens with zero attached hydrogens (tertiary/aromatic N) is 2. The van der Waals surface area contributed by atoms with E-state index in [1.807, 2.05) is 0 Å². The number of aromatic nitrogens is 2. The van der Waals surface area contributed by atoms with Gasteiger partial charge in [-0.3, -0.25) is 4.79 Å². The summed E-state index contributed by atoms with van der Waals surface area (Å²) in [7, 11) is 0. The minimum absolute atomic E-state index is 0.0183. The summed E-state index contributed by atoms with van der Waals surface area (Å²) in [6.45, 7) is 1.23. The molecule has 3 rings (SSSR count). The summed E-state index contributed by atoms with van der Waals surface area (Å²) < 4.78 is 68.2. The predicted octanol–water partition coefficient (Wildman–Crippen LogP) is 4.40. The lowest BCUT2D eigenvalue weighted by molar-refractivity contribution is 0.373. The molecule has 2 aromatic carbocycles. The molecule has 1 aromatic heterocycles. The van der Waals surface area contributed by atoms with Gasteiger partial charge in [-0.25, -0.2) is 22.0 Å². The number of hydrogen-bond acceptors (Lipinski definition) is 3. The molecule has 0 radical (unpaired) electrons. The molecule has 0 spiro atoms. The Morgan fingerprint density at radius 3 is 2.00 bits per heavy atom. The first-order chi connectivity index (χ1) is 12.1. The molecule has 0 atom stereocenters. The van der Waals surface area contributed by atoms with Crippen LogP contribution in [0.4, 0.5) is 22.0 Å². The van der Waals surface area contributed by atoms with Crippen LogP contribution < -0.4 is 5.56 Å². The van der Waals surface area contributed by atoms with Crippen molar-refractivity contribution in [3.8, 4) is 11.4 Å². The van der Waals surface area contributed by atoms with Crippen LogP contribution in [-0.2, 0) is 0 Å². The molecule has 136 valence electrons. The van der Waals surface area contributed by atoms with E-state index in [0.29, 0.717) is 0 Å². The zero-order valence-corrected chi connectivity index (χ0v) is 14.0. The highest BCUT2D eigenvalue weighted by Gasteiger charge is 2.29. The van der Waals surface area contributed by atoms with E-state index >= 15 is 0 Å². The molecule has 0 fully saturated rings. The Balaban J connectivity index is 2.57. The highest BCUT2D eigenvalue weighted by molar-refractivity contribution is 6.45. The average molecular weight is 411 g/mol. The smallest absolute Gasteiger partial charge is 0.281 e. The zero-order chi connectivity index (χ0) is 19.5. The van der Waals surface area contributed by atoms with E-state index in [0.717, 1.165) is 6.07 Å². The lowest BCUT2D eigenvalue weighted by Gasteiger charge is -2.13. The van der Waals surface area contributed by atoms with Crippen LogP contribution in [0.2, 0.25) is 10.0 Å². The van der Waals surface area contributed by atoms with Gasteiger partial charge in [-0.15, -0.1) is 0 Å². The lowest BCUT2D eigenvalue weighted by Crippen LogP contribution is -2.26. The number of benzene rings is 2. The van der Waals surface area contributed by atoms with Gasteiger partial charge >= 0.3 is 0 Å². The van der Waals surface area contributed by atoms with Crippen LogP contribution in [0.25, 0.3) is 16.5 Å². The van der Waals surface area contributed by atoms with Gasteiger partial charge in [0.1, 0.15) is 11.4 Å². The molecule has 0 saturated carbocycles. The van der Waals surface area contributed by atoms with Crippen LogP contribution in [0.1, 0.15) is 5.69 Å². The molecule has 0 aliphatic rings. The highest BCUT2D eigenvalue weighted by Crippen LogP contribution is 2.36. The van der Waals surface area contributed by atoms with Gasteiger partial charge in [0, 0.05) is 6.07 Å². The molecule has 1 N–H and O–H groups in total. The molecule has 3 aromatic rings. The molecule has 0 bridgehead atoms. The van der Waals surface area contributed by atoms with E-state index in [1.165, 1.54) is 6.92 Å². The van der Waals surface area contributed by atoms with Crippen LogP contribution in [0.3, 0.4) is 0 Å². The normalized spacial score (nSPS) is 11.4. The van der Waals surface area contributed by atoms with Gasteiger partial charge in [-0.2, -0.15) is 9.78 Å². The van der Waals surface area contributed by atoms with Crippen molar-refractivity contribution < 1.29 is 27.1 Å². The van der Waals surface area contributed by atoms with E-state index in [2.05, 4.69) is 5.10 Å². The fraction of sp³-hybridized carbons (Fsp3) is 0.0667. The number of phenolic OH excluding ortho intramolecular Hbond substituents is 1. The molecule has 0 unspecified atom stereocenters. The molecule has 1 heterocycles. The minimum atomic E-state index is -2.38. The number of hydrogen-bond donors (Lipinski definition) is 1. The van der Waals surface area contributed by atoms with Crippen LogP contribution in [0, 0.1) is 36.0 Å². The van der Waals surface area contributed by atoms with E-state index in [1.54, 1.807) is 0 Å². The molecular formula is C15H5Cl2F5N2O2. The molecule has 0 amide bonds. The molecule has 4 nitrogen and oxygen atoms in total. The summed E-state index contributed by atoms with van der Waals surface area (Å²) in [6.07, 6.45) is 0. The third kappa shape index (κ3) is 2.42. The minimum Gasteiger partial charge on any atom is -0.507 e. The van der Waals surface area contributed by atoms with Crippen molar-refractivity contribution >= 4 is 34.0 Å². The summed E-state index contributed by atoms with van der Waals surface area (Å²) in [5.41, 5.74) is -3.08. The summed E-state index contributed by atoms with van der Waals surface area (Å²) in [5.74, 6) is -11.9. The standard InChI is InChI=1S/C15H5Cl2F5N2O2/c1-3-6-5(25)2-4(16)8(17)7(6)15(26)24(23-3)14-12(21)10(19)9(18)11(20)13(14)22/h2,25H,1H3. The second kappa shape index (κ2) is 6.10. The number of fused-ring (bicyclic) bond motifs is 1. The Bertz CT molecular complexity index is 1130. The molecule has 26 heavy (non-hydrogen) atoms. The first-order valence-electron chi connectivity index (χ1n) is 6.70. The third-order valence-electron chi connectivity index (χ3n) is 3.62. The number of phenols is 1. The lowest BCUT2D eigenvalue weighted by atomic mass is 10.1. The first kappa shape index (κ1) is 18.4. The second-order valence-corrected chi connectivity index (χ2v) is 5.95. The van der Waals surface area contributed by atoms with Crippen molar-refractivity contribution in [2.75, 3.05) is 0 Å². The summed E-state index contributed by atoms with van der Waals surface area (Å²) >= 11 is 11.7. The maximum atomic E-state index is 14.0. The fourth-order valence-corrected chi connectivity index (χ4v) is 2.89. The fourth-order valence-electron chi connectivity index (χ4n) is 2.46. The number of rotatable bonds is 1. The SMILES string of the molecule is Cc1nn(-c2c(F)c(F)c(F)c(F)c2F)c(=O)c2c(Cl)c(Cl)cc(O)c12. The van der Waals surface area contributed by atoms with Gasteiger partial charge in [0.15, 0.2) is 23.3 Å². The Morgan fingerprint density at radius 2 is 1.46 bits per heavy atom. The van der Waals surface area contributed by atoms with Crippen molar-refractivity contribution in [3.05, 3.63) is 61.2 Å². The topological polar surface area (TPSA) is 55.1 Å². The van der Waals surface area contributed by atoms with E-state index in [9.17, 15) is 31.9 Å². The Kier molecular flexibility index (Phi) is 4.32. The van der Waals surface area contributed by atoms with Crippen LogP contribution >= 0.6 is 23.2 Å². The molecule has 0 aliphatic heterocycles. The highest BCUT2D eigenvalue weighted by atomic mass is 35.5. The molecular weight excluding hydrogens is 406 g/mol. The summed E-state index contributed by atoms with van der Waals surface area (Å²) in [4.78, 5) is 12.6. The summed E-state index contributed by atoms with van der Waals surface area (Å²) in [6, 6.07) is 1.02. The third-order valence-corrected chi connectivity index (χ3v) is 4.40. The predicted molar refractivity (Wildman–Crippen MR) is 83.6 cm³/mol. The van der Waals surface area contributed by atoms with Crippen molar-refractivity contribution in [2.24, 2.45) is 0 Å². The van der Waals surface area contributed by atoms with Gasteiger partial charge in [0.25, 0.3) is 5.56 Å². The van der Waals surface area contributed by atoms with Crippen molar-refractivity contribution in [2.45, 2.75) is 6.92 Å². The van der Waals surface area contributed by atoms with Gasteiger partial charge < -0.3 is 5.11 Å². The van der Waals surface area contributed by atoms with Gasteiger partial charge in [-0.1, -0.05) is 23.2 Å².